The Kier molecular flexibility index (Phi) is 40.9. The number of amides is 1. The highest BCUT2D eigenvalue weighted by Crippen LogP contribution is 2.23. The second-order valence-corrected chi connectivity index (χ2v) is 18.8. The summed E-state index contributed by atoms with van der Waals surface area (Å²) in [5, 5.41) is 64.8. The monoisotopic (exact) mass is 896 g/mol. The van der Waals surface area contributed by atoms with Gasteiger partial charge in [0.2, 0.25) is 5.91 Å². The zero-order valence-corrected chi connectivity index (χ0v) is 40.7. The van der Waals surface area contributed by atoms with Gasteiger partial charge < -0.3 is 45.4 Å². The van der Waals surface area contributed by atoms with E-state index in [0.29, 0.717) is 12.8 Å². The van der Waals surface area contributed by atoms with Crippen LogP contribution in [0.25, 0.3) is 0 Å². The second kappa shape index (κ2) is 43.2. The minimum Gasteiger partial charge on any atom is -0.394 e. The number of nitrogens with one attached hydrogen (secondary N) is 1. The Morgan fingerprint density at radius 2 is 0.921 bits per heavy atom. The molecule has 10 nitrogen and oxygen atoms in total. The number of aliphatic hydroxyl groups is 6. The van der Waals surface area contributed by atoms with Gasteiger partial charge in [0.1, 0.15) is 30.5 Å². The molecule has 0 saturated carbocycles. The van der Waals surface area contributed by atoms with Crippen molar-refractivity contribution in [3.8, 4) is 0 Å². The number of ether oxygens (including phenoxy) is 2. The van der Waals surface area contributed by atoms with E-state index in [1.165, 1.54) is 180 Å². The first-order chi connectivity index (χ1) is 30.8. The van der Waals surface area contributed by atoms with Gasteiger partial charge in [0.15, 0.2) is 6.29 Å². The molecule has 1 aliphatic rings. The molecule has 8 unspecified atom stereocenters. The minimum atomic E-state index is -1.61. The van der Waals surface area contributed by atoms with Gasteiger partial charge in [-0.05, 0) is 44.9 Å². The molecular weight excluding hydrogens is 795 g/mol. The highest BCUT2D eigenvalue weighted by Gasteiger charge is 2.44. The van der Waals surface area contributed by atoms with Gasteiger partial charge in [-0.25, -0.2) is 0 Å². The van der Waals surface area contributed by atoms with Crippen molar-refractivity contribution < 1.29 is 44.9 Å². The van der Waals surface area contributed by atoms with E-state index in [9.17, 15) is 35.4 Å². The molecule has 1 amide bonds. The Hall–Kier alpha value is -1.37. The van der Waals surface area contributed by atoms with Gasteiger partial charge in [-0.1, -0.05) is 224 Å². The molecule has 7 N–H and O–H groups in total. The van der Waals surface area contributed by atoms with Crippen molar-refractivity contribution in [1.29, 1.82) is 0 Å². The number of unbranched alkanes of at least 4 members (excludes halogenated alkanes) is 32. The van der Waals surface area contributed by atoms with E-state index in [2.05, 4.69) is 31.3 Å². The number of carbonyl (C=O) groups is 1. The fourth-order valence-electron chi connectivity index (χ4n) is 8.51. The molecule has 1 saturated heterocycles. The number of hydrogen-bond acceptors (Lipinski definition) is 9. The van der Waals surface area contributed by atoms with Crippen molar-refractivity contribution in [1.82, 2.24) is 5.32 Å². The molecule has 1 fully saturated rings. The van der Waals surface area contributed by atoms with Crippen molar-refractivity contribution >= 4 is 5.91 Å². The van der Waals surface area contributed by atoms with Crippen molar-refractivity contribution in [3.63, 3.8) is 0 Å². The highest BCUT2D eigenvalue weighted by molar-refractivity contribution is 5.80. The van der Waals surface area contributed by atoms with Crippen LogP contribution in [0.1, 0.15) is 245 Å². The average Bonchev–Trinajstić information content (AvgIpc) is 3.28. The summed E-state index contributed by atoms with van der Waals surface area (Å²) in [6.45, 7) is 3.62. The van der Waals surface area contributed by atoms with Gasteiger partial charge in [0.25, 0.3) is 0 Å². The summed E-state index contributed by atoms with van der Waals surface area (Å²) in [4.78, 5) is 13.1. The van der Waals surface area contributed by atoms with Crippen molar-refractivity contribution in [3.05, 3.63) is 24.3 Å². The third-order valence-corrected chi connectivity index (χ3v) is 12.9. The molecule has 0 spiro atoms. The Morgan fingerprint density at radius 3 is 1.33 bits per heavy atom. The largest absolute Gasteiger partial charge is 0.394 e. The molecule has 8 atom stereocenters. The van der Waals surface area contributed by atoms with Crippen LogP contribution in [-0.2, 0) is 14.3 Å². The summed E-state index contributed by atoms with van der Waals surface area (Å²) in [6, 6.07) is -0.979. The maximum absolute atomic E-state index is 13.1. The topological polar surface area (TPSA) is 169 Å². The lowest BCUT2D eigenvalue weighted by molar-refractivity contribution is -0.302. The van der Waals surface area contributed by atoms with Crippen LogP contribution in [0.5, 0.6) is 0 Å². The molecule has 0 aromatic carbocycles. The normalized spacial score (nSPS) is 20.8. The molecule has 372 valence electrons. The van der Waals surface area contributed by atoms with Gasteiger partial charge in [-0.2, -0.15) is 0 Å². The van der Waals surface area contributed by atoms with Crippen LogP contribution in [0.4, 0.5) is 0 Å². The van der Waals surface area contributed by atoms with E-state index in [0.717, 1.165) is 38.5 Å². The van der Waals surface area contributed by atoms with Crippen LogP contribution in [0.3, 0.4) is 0 Å². The maximum Gasteiger partial charge on any atom is 0.249 e. The van der Waals surface area contributed by atoms with Crippen LogP contribution >= 0.6 is 0 Å². The molecule has 1 heterocycles. The highest BCUT2D eigenvalue weighted by atomic mass is 16.7. The molecule has 1 rings (SSSR count). The summed E-state index contributed by atoms with van der Waals surface area (Å²) in [5.41, 5.74) is 0. The quantitative estimate of drug-likeness (QED) is 0.0232. The van der Waals surface area contributed by atoms with E-state index in [1.807, 2.05) is 6.08 Å². The Bertz CT molecular complexity index is 1060. The van der Waals surface area contributed by atoms with E-state index in [4.69, 9.17) is 9.47 Å². The molecular formula is C53H101NO9. The first kappa shape index (κ1) is 59.6. The number of allylic oxidation sites excluding steroid dienone is 3. The van der Waals surface area contributed by atoms with Crippen molar-refractivity contribution in [2.45, 2.75) is 294 Å². The molecule has 63 heavy (non-hydrogen) atoms. The smallest absolute Gasteiger partial charge is 0.249 e. The van der Waals surface area contributed by atoms with Gasteiger partial charge in [-0.15, -0.1) is 0 Å². The van der Waals surface area contributed by atoms with E-state index in [1.54, 1.807) is 6.08 Å². The zero-order chi connectivity index (χ0) is 46.0. The molecule has 0 radical (unpaired) electrons. The van der Waals surface area contributed by atoms with Crippen LogP contribution in [0.15, 0.2) is 24.3 Å². The van der Waals surface area contributed by atoms with Gasteiger partial charge >= 0.3 is 0 Å². The van der Waals surface area contributed by atoms with Crippen LogP contribution in [0.2, 0.25) is 0 Å². The van der Waals surface area contributed by atoms with Crippen LogP contribution < -0.4 is 5.32 Å². The average molecular weight is 896 g/mol. The molecule has 0 aromatic rings. The lowest BCUT2D eigenvalue weighted by Gasteiger charge is -2.40. The van der Waals surface area contributed by atoms with E-state index in [-0.39, 0.29) is 6.61 Å². The maximum atomic E-state index is 13.1. The Labute approximate surface area is 386 Å². The molecule has 10 heteroatoms. The second-order valence-electron chi connectivity index (χ2n) is 18.8. The molecule has 0 aliphatic carbocycles. The molecule has 0 bridgehead atoms. The summed E-state index contributed by atoms with van der Waals surface area (Å²) in [5.74, 6) is -0.616. The number of aliphatic hydroxyl groups excluding tert-OH is 6. The predicted molar refractivity (Wildman–Crippen MR) is 260 cm³/mol. The minimum absolute atomic E-state index is 0.304. The summed E-state index contributed by atoms with van der Waals surface area (Å²) < 4.78 is 11.2. The van der Waals surface area contributed by atoms with Gasteiger partial charge in [-0.3, -0.25) is 4.79 Å². The van der Waals surface area contributed by atoms with E-state index >= 15 is 0 Å². The van der Waals surface area contributed by atoms with Gasteiger partial charge in [0, 0.05) is 0 Å². The summed E-state index contributed by atoms with van der Waals surface area (Å²) in [6.07, 6.45) is 42.8. The number of carbonyl (C=O) groups excluding carboxylic acids is 1. The third kappa shape index (κ3) is 32.9. The van der Waals surface area contributed by atoms with Crippen LogP contribution in [0, 0.1) is 0 Å². The first-order valence-corrected chi connectivity index (χ1v) is 26.7. The first-order valence-electron chi connectivity index (χ1n) is 26.7. The Morgan fingerprint density at radius 1 is 0.540 bits per heavy atom. The standard InChI is InChI=1S/C53H101NO9/c1-3-5-7-9-11-13-15-17-18-19-20-21-22-23-24-25-26-27-28-30-32-34-36-38-40-42-47(57)52(61)54-45(44-62-53-51(60)50(59)49(58)48(43-55)63-53)46(56)41-39-37-35-33-31-29-16-14-12-10-8-6-4-2/h23-24,39,41,45-51,53,55-60H,3-22,25-38,40,42-44H2,1-2H3,(H,54,61)/b24-23-,41-39+. The molecule has 0 aromatic heterocycles. The van der Waals surface area contributed by atoms with Crippen molar-refractivity contribution in [2.24, 2.45) is 0 Å². The zero-order valence-electron chi connectivity index (χ0n) is 40.7. The van der Waals surface area contributed by atoms with E-state index < -0.39 is 61.5 Å². The van der Waals surface area contributed by atoms with Gasteiger partial charge in [0.05, 0.1) is 25.4 Å². The van der Waals surface area contributed by atoms with Crippen molar-refractivity contribution in [2.75, 3.05) is 13.2 Å². The fraction of sp³-hybridized carbons (Fsp3) is 0.906. The lowest BCUT2D eigenvalue weighted by atomic mass is 9.99. The number of hydrogen-bond donors (Lipinski definition) is 7. The Balaban J connectivity index is 2.27. The summed E-state index contributed by atoms with van der Waals surface area (Å²) in [7, 11) is 0. The summed E-state index contributed by atoms with van der Waals surface area (Å²) >= 11 is 0. The number of rotatable bonds is 45. The SMILES string of the molecule is CCCCCCCCCCCCC/C=C/C(O)C(COC1OC(CO)C(O)C(O)C1O)NC(=O)C(O)CCCCCCCCCCC/C=C\CCCCCCCCCCCCCC. The lowest BCUT2D eigenvalue weighted by Crippen LogP contribution is -2.60. The predicted octanol–water partition coefficient (Wildman–Crippen LogP) is 11.2. The molecule has 1 aliphatic heterocycles. The van der Waals surface area contributed by atoms with Crippen LogP contribution in [-0.4, -0.2) is 98.7 Å². The fourth-order valence-corrected chi connectivity index (χ4v) is 8.51. The third-order valence-electron chi connectivity index (χ3n) is 12.9.